The average molecular weight is 385 g/mol. The molecule has 0 spiro atoms. The Balaban J connectivity index is 1.66. The highest BCUT2D eigenvalue weighted by Gasteiger charge is 2.18. The zero-order chi connectivity index (χ0) is 19.9. The van der Waals surface area contributed by atoms with E-state index in [1.165, 1.54) is 14.2 Å². The number of urea groups is 1. The second-order valence-corrected chi connectivity index (χ2v) is 6.17. The van der Waals surface area contributed by atoms with E-state index < -0.39 is 6.03 Å². The van der Waals surface area contributed by atoms with Gasteiger partial charge in [0.1, 0.15) is 11.5 Å². The Morgan fingerprint density at radius 1 is 0.929 bits per heavy atom. The summed E-state index contributed by atoms with van der Waals surface area (Å²) in [5.74, 6) is 1.05. The molecule has 1 aliphatic rings. The van der Waals surface area contributed by atoms with E-state index in [1.807, 2.05) is 0 Å². The minimum atomic E-state index is -0.439. The summed E-state index contributed by atoms with van der Waals surface area (Å²) in [5, 5.41) is 5.47. The molecule has 8 heteroatoms. The van der Waals surface area contributed by atoms with Crippen molar-refractivity contribution in [3.63, 3.8) is 0 Å². The number of hydrogen-bond donors (Lipinski definition) is 2. The number of benzene rings is 2. The number of methoxy groups -OCH3 is 2. The molecule has 1 aliphatic heterocycles. The van der Waals surface area contributed by atoms with E-state index in [2.05, 4.69) is 10.6 Å². The third-order valence-corrected chi connectivity index (χ3v) is 4.28. The standard InChI is InChI=1S/C20H23N3O5/c1-26-17-11-16(12-18(13-17)27-2)22-20(25)21-15-5-3-4-14(10-15)19(24)23-6-8-28-9-7-23/h3-5,10-13H,6-9H2,1-2H3,(H2,21,22,25). The first kappa shape index (κ1) is 19.5. The van der Waals surface area contributed by atoms with Gasteiger partial charge in [-0.05, 0) is 18.2 Å². The molecule has 8 nitrogen and oxygen atoms in total. The van der Waals surface area contributed by atoms with Gasteiger partial charge in [-0.25, -0.2) is 4.79 Å². The molecule has 28 heavy (non-hydrogen) atoms. The quantitative estimate of drug-likeness (QED) is 0.826. The zero-order valence-corrected chi connectivity index (χ0v) is 15.9. The topological polar surface area (TPSA) is 89.1 Å². The lowest BCUT2D eigenvalue weighted by atomic mass is 10.1. The maximum atomic E-state index is 12.6. The Morgan fingerprint density at radius 3 is 2.21 bits per heavy atom. The summed E-state index contributed by atoms with van der Waals surface area (Å²) < 4.78 is 15.7. The number of nitrogens with one attached hydrogen (secondary N) is 2. The van der Waals surface area contributed by atoms with Crippen LogP contribution in [-0.4, -0.2) is 57.4 Å². The van der Waals surface area contributed by atoms with Crippen LogP contribution in [0, 0.1) is 0 Å². The summed E-state index contributed by atoms with van der Waals surface area (Å²) in [6.07, 6.45) is 0. The molecule has 2 N–H and O–H groups in total. The van der Waals surface area contributed by atoms with Crippen molar-refractivity contribution in [3.05, 3.63) is 48.0 Å². The fourth-order valence-corrected chi connectivity index (χ4v) is 2.85. The van der Waals surface area contributed by atoms with Crippen LogP contribution in [0.15, 0.2) is 42.5 Å². The Bertz CT molecular complexity index is 827. The van der Waals surface area contributed by atoms with E-state index in [4.69, 9.17) is 14.2 Å². The molecule has 2 aromatic rings. The second kappa shape index (κ2) is 9.09. The van der Waals surface area contributed by atoms with Crippen LogP contribution >= 0.6 is 0 Å². The predicted octanol–water partition coefficient (Wildman–Crippen LogP) is 2.82. The highest BCUT2D eigenvalue weighted by molar-refractivity contribution is 6.01. The van der Waals surface area contributed by atoms with Gasteiger partial charge in [-0.2, -0.15) is 0 Å². The molecule has 3 rings (SSSR count). The molecular weight excluding hydrogens is 362 g/mol. The van der Waals surface area contributed by atoms with Crippen molar-refractivity contribution >= 4 is 23.3 Å². The molecule has 3 amide bonds. The van der Waals surface area contributed by atoms with E-state index in [1.54, 1.807) is 47.4 Å². The maximum absolute atomic E-state index is 12.6. The van der Waals surface area contributed by atoms with Crippen molar-refractivity contribution in [1.29, 1.82) is 0 Å². The molecule has 0 radical (unpaired) electrons. The zero-order valence-electron chi connectivity index (χ0n) is 15.9. The smallest absolute Gasteiger partial charge is 0.323 e. The van der Waals surface area contributed by atoms with Gasteiger partial charge in [0.25, 0.3) is 5.91 Å². The third-order valence-electron chi connectivity index (χ3n) is 4.28. The van der Waals surface area contributed by atoms with E-state index in [9.17, 15) is 9.59 Å². The van der Waals surface area contributed by atoms with Gasteiger partial charge in [-0.1, -0.05) is 6.07 Å². The average Bonchev–Trinajstić information content (AvgIpc) is 2.73. The lowest BCUT2D eigenvalue weighted by Crippen LogP contribution is -2.40. The van der Waals surface area contributed by atoms with E-state index in [0.29, 0.717) is 54.7 Å². The van der Waals surface area contributed by atoms with Crippen molar-refractivity contribution in [1.82, 2.24) is 4.90 Å². The van der Waals surface area contributed by atoms with Gasteiger partial charge in [-0.15, -0.1) is 0 Å². The normalized spacial score (nSPS) is 13.6. The highest BCUT2D eigenvalue weighted by atomic mass is 16.5. The predicted molar refractivity (Wildman–Crippen MR) is 105 cm³/mol. The molecule has 1 fully saturated rings. The van der Waals surface area contributed by atoms with Gasteiger partial charge in [0.15, 0.2) is 0 Å². The van der Waals surface area contributed by atoms with Crippen LogP contribution in [0.3, 0.4) is 0 Å². The van der Waals surface area contributed by atoms with Gasteiger partial charge in [-0.3, -0.25) is 4.79 Å². The SMILES string of the molecule is COc1cc(NC(=O)Nc2cccc(C(=O)N3CCOCC3)c2)cc(OC)c1. The second-order valence-electron chi connectivity index (χ2n) is 6.17. The van der Waals surface area contributed by atoms with Crippen LogP contribution in [0.5, 0.6) is 11.5 Å². The van der Waals surface area contributed by atoms with E-state index in [-0.39, 0.29) is 5.91 Å². The monoisotopic (exact) mass is 385 g/mol. The molecule has 0 unspecified atom stereocenters. The molecule has 2 aromatic carbocycles. The molecule has 0 atom stereocenters. The number of amides is 3. The van der Waals surface area contributed by atoms with Crippen molar-refractivity contribution in [2.45, 2.75) is 0 Å². The molecule has 1 saturated heterocycles. The van der Waals surface area contributed by atoms with Crippen LogP contribution in [0.2, 0.25) is 0 Å². The Labute approximate surface area is 163 Å². The third kappa shape index (κ3) is 4.92. The lowest BCUT2D eigenvalue weighted by molar-refractivity contribution is 0.0303. The number of hydrogen-bond acceptors (Lipinski definition) is 5. The van der Waals surface area contributed by atoms with Crippen LogP contribution in [0.25, 0.3) is 0 Å². The Hall–Kier alpha value is -3.26. The summed E-state index contributed by atoms with van der Waals surface area (Å²) in [5.41, 5.74) is 1.56. The van der Waals surface area contributed by atoms with E-state index >= 15 is 0 Å². The van der Waals surface area contributed by atoms with Crippen molar-refractivity contribution in [2.24, 2.45) is 0 Å². The van der Waals surface area contributed by atoms with Gasteiger partial charge >= 0.3 is 6.03 Å². The summed E-state index contributed by atoms with van der Waals surface area (Å²) in [6.45, 7) is 2.20. The molecule has 1 heterocycles. The fourth-order valence-electron chi connectivity index (χ4n) is 2.85. The largest absolute Gasteiger partial charge is 0.497 e. The molecule has 148 valence electrons. The number of nitrogens with zero attached hydrogens (tertiary/aromatic N) is 1. The maximum Gasteiger partial charge on any atom is 0.323 e. The number of carbonyl (C=O) groups excluding carboxylic acids is 2. The Kier molecular flexibility index (Phi) is 6.33. The minimum Gasteiger partial charge on any atom is -0.497 e. The van der Waals surface area contributed by atoms with Gasteiger partial charge in [0, 0.05) is 48.2 Å². The van der Waals surface area contributed by atoms with Gasteiger partial charge in [0.05, 0.1) is 27.4 Å². The van der Waals surface area contributed by atoms with Crippen LogP contribution in [-0.2, 0) is 4.74 Å². The number of carbonyl (C=O) groups is 2. The van der Waals surface area contributed by atoms with Crippen molar-refractivity contribution in [2.75, 3.05) is 51.2 Å². The molecule has 0 bridgehead atoms. The molecule has 0 aromatic heterocycles. The summed E-state index contributed by atoms with van der Waals surface area (Å²) in [7, 11) is 3.07. The van der Waals surface area contributed by atoms with Crippen molar-refractivity contribution in [3.8, 4) is 11.5 Å². The number of morpholine rings is 1. The van der Waals surface area contributed by atoms with Gasteiger partial charge in [0.2, 0.25) is 0 Å². The number of ether oxygens (including phenoxy) is 3. The summed E-state index contributed by atoms with van der Waals surface area (Å²) in [6, 6.07) is 11.5. The fraction of sp³-hybridized carbons (Fsp3) is 0.300. The Morgan fingerprint density at radius 2 is 1.57 bits per heavy atom. The first-order valence-electron chi connectivity index (χ1n) is 8.87. The summed E-state index contributed by atoms with van der Waals surface area (Å²) in [4.78, 5) is 26.7. The molecule has 0 saturated carbocycles. The van der Waals surface area contributed by atoms with Crippen molar-refractivity contribution < 1.29 is 23.8 Å². The minimum absolute atomic E-state index is 0.0788. The molecular formula is C20H23N3O5. The highest BCUT2D eigenvalue weighted by Crippen LogP contribution is 2.26. The molecule has 0 aliphatic carbocycles. The number of rotatable bonds is 5. The van der Waals surface area contributed by atoms with Crippen LogP contribution < -0.4 is 20.1 Å². The first-order chi connectivity index (χ1) is 13.6. The van der Waals surface area contributed by atoms with Crippen LogP contribution in [0.4, 0.5) is 16.2 Å². The first-order valence-corrected chi connectivity index (χ1v) is 8.87. The van der Waals surface area contributed by atoms with Gasteiger partial charge < -0.3 is 29.7 Å². The van der Waals surface area contributed by atoms with Crippen LogP contribution in [0.1, 0.15) is 10.4 Å². The number of anilines is 2. The van der Waals surface area contributed by atoms with E-state index in [0.717, 1.165) is 0 Å². The lowest BCUT2D eigenvalue weighted by Gasteiger charge is -2.27. The summed E-state index contributed by atoms with van der Waals surface area (Å²) >= 11 is 0.